The van der Waals surface area contributed by atoms with Crippen LogP contribution in [-0.4, -0.2) is 35.6 Å². The quantitative estimate of drug-likeness (QED) is 0.860. The summed E-state index contributed by atoms with van der Waals surface area (Å²) in [5.74, 6) is 0.984. The molecule has 0 aliphatic heterocycles. The van der Waals surface area contributed by atoms with E-state index in [9.17, 15) is 4.39 Å². The molecule has 0 fully saturated rings. The van der Waals surface area contributed by atoms with Crippen molar-refractivity contribution in [1.29, 1.82) is 0 Å². The zero-order valence-corrected chi connectivity index (χ0v) is 13.6. The Kier molecular flexibility index (Phi) is 4.89. The lowest BCUT2D eigenvalue weighted by Gasteiger charge is -2.13. The summed E-state index contributed by atoms with van der Waals surface area (Å²) in [4.78, 5) is 14.6. The Balaban J connectivity index is 2.31. The summed E-state index contributed by atoms with van der Waals surface area (Å²) in [6, 6.07) is 4.73. The molecule has 0 bridgehead atoms. The summed E-state index contributed by atoms with van der Waals surface area (Å²) < 4.78 is 13.9. The Morgan fingerprint density at radius 2 is 1.90 bits per heavy atom. The number of rotatable bonds is 5. The molecule has 8 heteroatoms. The fraction of sp³-hybridized carbons (Fsp3) is 0.308. The first kappa shape index (κ1) is 15.4. The van der Waals surface area contributed by atoms with Crippen molar-refractivity contribution in [3.8, 4) is 0 Å². The van der Waals surface area contributed by atoms with E-state index in [1.54, 1.807) is 17.0 Å². The molecular weight excluding hydrogens is 339 g/mol. The summed E-state index contributed by atoms with van der Waals surface area (Å²) in [5.41, 5.74) is 0.564. The van der Waals surface area contributed by atoms with Crippen LogP contribution < -0.4 is 15.5 Å². The summed E-state index contributed by atoms with van der Waals surface area (Å²) >= 11 is 3.12. The average molecular weight is 355 g/mol. The minimum Gasteiger partial charge on any atom is -0.354 e. The first-order valence-electron chi connectivity index (χ1n) is 6.39. The first-order valence-corrected chi connectivity index (χ1v) is 7.18. The van der Waals surface area contributed by atoms with Crippen molar-refractivity contribution >= 4 is 39.5 Å². The largest absolute Gasteiger partial charge is 0.354 e. The molecule has 1 heterocycles. The van der Waals surface area contributed by atoms with Crippen LogP contribution in [0, 0.1) is 5.82 Å². The van der Waals surface area contributed by atoms with Crippen molar-refractivity contribution in [1.82, 2.24) is 15.0 Å². The fourth-order valence-corrected chi connectivity index (χ4v) is 1.81. The highest BCUT2D eigenvalue weighted by molar-refractivity contribution is 9.10. The molecule has 0 unspecified atom stereocenters. The van der Waals surface area contributed by atoms with E-state index in [2.05, 4.69) is 41.5 Å². The number of hydrogen-bond donors (Lipinski definition) is 2. The van der Waals surface area contributed by atoms with E-state index in [1.807, 2.05) is 21.0 Å². The van der Waals surface area contributed by atoms with Gasteiger partial charge in [0.15, 0.2) is 0 Å². The van der Waals surface area contributed by atoms with Gasteiger partial charge >= 0.3 is 0 Å². The van der Waals surface area contributed by atoms with Crippen molar-refractivity contribution < 1.29 is 4.39 Å². The molecular formula is C13H16BrFN6. The molecule has 1 aromatic carbocycles. The predicted octanol–water partition coefficient (Wildman–Crippen LogP) is 3.01. The number of anilines is 4. The fourth-order valence-electron chi connectivity index (χ4n) is 1.56. The van der Waals surface area contributed by atoms with Crippen molar-refractivity contribution in [2.45, 2.75) is 6.92 Å². The molecule has 0 saturated carbocycles. The van der Waals surface area contributed by atoms with Crippen LogP contribution in [0.2, 0.25) is 0 Å². The molecule has 0 aliphatic rings. The maximum atomic E-state index is 13.5. The Labute approximate surface area is 130 Å². The minimum atomic E-state index is -0.353. The SMILES string of the molecule is CCNc1nc(Nc2ccc(Br)c(F)c2)nc(N(C)C)n1. The van der Waals surface area contributed by atoms with Crippen LogP contribution >= 0.6 is 15.9 Å². The topological polar surface area (TPSA) is 66.0 Å². The van der Waals surface area contributed by atoms with Gasteiger partial charge in [-0.05, 0) is 41.1 Å². The molecule has 0 saturated heterocycles. The highest BCUT2D eigenvalue weighted by Crippen LogP contribution is 2.22. The van der Waals surface area contributed by atoms with Crippen LogP contribution in [0.5, 0.6) is 0 Å². The van der Waals surface area contributed by atoms with Gasteiger partial charge in [-0.1, -0.05) is 0 Å². The Morgan fingerprint density at radius 3 is 2.52 bits per heavy atom. The van der Waals surface area contributed by atoms with E-state index in [-0.39, 0.29) is 5.82 Å². The molecule has 0 amide bonds. The van der Waals surface area contributed by atoms with Crippen LogP contribution in [0.1, 0.15) is 6.92 Å². The smallest absolute Gasteiger partial charge is 0.233 e. The third kappa shape index (κ3) is 4.01. The number of halogens is 2. The summed E-state index contributed by atoms with van der Waals surface area (Å²) in [6.45, 7) is 2.65. The van der Waals surface area contributed by atoms with E-state index >= 15 is 0 Å². The second-order valence-corrected chi connectivity index (χ2v) is 5.32. The van der Waals surface area contributed by atoms with Gasteiger partial charge in [-0.15, -0.1) is 0 Å². The molecule has 6 nitrogen and oxygen atoms in total. The zero-order valence-electron chi connectivity index (χ0n) is 12.0. The van der Waals surface area contributed by atoms with E-state index in [0.717, 1.165) is 0 Å². The Morgan fingerprint density at radius 1 is 1.19 bits per heavy atom. The van der Waals surface area contributed by atoms with Crippen molar-refractivity contribution in [3.05, 3.63) is 28.5 Å². The Hall–Kier alpha value is -1.96. The number of benzene rings is 1. The lowest BCUT2D eigenvalue weighted by molar-refractivity contribution is 0.622. The predicted molar refractivity (Wildman–Crippen MR) is 85.7 cm³/mol. The third-order valence-corrected chi connectivity index (χ3v) is 3.18. The third-order valence-electron chi connectivity index (χ3n) is 2.53. The van der Waals surface area contributed by atoms with Gasteiger partial charge in [-0.3, -0.25) is 0 Å². The van der Waals surface area contributed by atoms with Gasteiger partial charge < -0.3 is 15.5 Å². The van der Waals surface area contributed by atoms with Crippen LogP contribution in [0.25, 0.3) is 0 Å². The summed E-state index contributed by atoms with van der Waals surface area (Å²) in [6.07, 6.45) is 0. The monoisotopic (exact) mass is 354 g/mol. The number of nitrogens with one attached hydrogen (secondary N) is 2. The second-order valence-electron chi connectivity index (χ2n) is 4.46. The number of hydrogen-bond acceptors (Lipinski definition) is 6. The summed E-state index contributed by atoms with van der Waals surface area (Å²) in [7, 11) is 3.68. The molecule has 0 atom stereocenters. The van der Waals surface area contributed by atoms with Gasteiger partial charge in [0.25, 0.3) is 0 Å². The lowest BCUT2D eigenvalue weighted by Crippen LogP contribution is -2.16. The van der Waals surface area contributed by atoms with Gasteiger partial charge in [0, 0.05) is 26.3 Å². The maximum Gasteiger partial charge on any atom is 0.233 e. The van der Waals surface area contributed by atoms with E-state index in [1.165, 1.54) is 6.07 Å². The molecule has 2 rings (SSSR count). The maximum absolute atomic E-state index is 13.5. The zero-order chi connectivity index (χ0) is 15.4. The van der Waals surface area contributed by atoms with Crippen molar-refractivity contribution in [3.63, 3.8) is 0 Å². The molecule has 2 N–H and O–H groups in total. The van der Waals surface area contributed by atoms with Crippen molar-refractivity contribution in [2.75, 3.05) is 36.2 Å². The van der Waals surface area contributed by atoms with Crippen LogP contribution in [-0.2, 0) is 0 Å². The molecule has 112 valence electrons. The molecule has 0 spiro atoms. The number of aromatic nitrogens is 3. The van der Waals surface area contributed by atoms with Gasteiger partial charge in [0.05, 0.1) is 4.47 Å². The van der Waals surface area contributed by atoms with E-state index in [4.69, 9.17) is 0 Å². The van der Waals surface area contributed by atoms with Crippen LogP contribution in [0.4, 0.5) is 27.9 Å². The molecule has 0 aliphatic carbocycles. The highest BCUT2D eigenvalue weighted by atomic mass is 79.9. The Bertz CT molecular complexity index is 634. The molecule has 2 aromatic rings. The van der Waals surface area contributed by atoms with Gasteiger partial charge in [0.1, 0.15) is 5.82 Å². The van der Waals surface area contributed by atoms with E-state index < -0.39 is 0 Å². The first-order chi connectivity index (χ1) is 9.99. The second kappa shape index (κ2) is 6.66. The van der Waals surface area contributed by atoms with Gasteiger partial charge in [-0.2, -0.15) is 15.0 Å². The number of nitrogens with zero attached hydrogens (tertiary/aromatic N) is 4. The highest BCUT2D eigenvalue weighted by Gasteiger charge is 2.09. The summed E-state index contributed by atoms with van der Waals surface area (Å²) in [5, 5.41) is 6.02. The van der Waals surface area contributed by atoms with Gasteiger partial charge in [-0.25, -0.2) is 4.39 Å². The normalized spacial score (nSPS) is 10.3. The van der Waals surface area contributed by atoms with Gasteiger partial charge in [0.2, 0.25) is 17.8 Å². The molecule has 0 radical (unpaired) electrons. The van der Waals surface area contributed by atoms with E-state index in [0.29, 0.717) is 34.5 Å². The molecule has 21 heavy (non-hydrogen) atoms. The van der Waals surface area contributed by atoms with Crippen LogP contribution in [0.3, 0.4) is 0 Å². The van der Waals surface area contributed by atoms with Crippen LogP contribution in [0.15, 0.2) is 22.7 Å². The standard InChI is InChI=1S/C13H16BrFN6/c1-4-16-11-18-12(20-13(19-11)21(2)3)17-8-5-6-9(14)10(15)7-8/h5-7H,4H2,1-3H3,(H2,16,17,18,19,20). The minimum absolute atomic E-state index is 0.353. The average Bonchev–Trinajstić information content (AvgIpc) is 2.43. The lowest BCUT2D eigenvalue weighted by atomic mass is 10.3. The van der Waals surface area contributed by atoms with Crippen molar-refractivity contribution in [2.24, 2.45) is 0 Å². The molecule has 1 aromatic heterocycles.